The van der Waals surface area contributed by atoms with Crippen LogP contribution in [-0.2, 0) is 13.0 Å². The van der Waals surface area contributed by atoms with Crippen LogP contribution < -0.4 is 0 Å². The fourth-order valence-electron chi connectivity index (χ4n) is 4.94. The summed E-state index contributed by atoms with van der Waals surface area (Å²) in [4.78, 5) is 17.9. The lowest BCUT2D eigenvalue weighted by Gasteiger charge is -2.11. The number of thiophene rings is 1. The Hall–Kier alpha value is -4.22. The van der Waals surface area contributed by atoms with Crippen LogP contribution in [0, 0.1) is 0 Å². The molecule has 0 fully saturated rings. The van der Waals surface area contributed by atoms with Gasteiger partial charge in [0, 0.05) is 22.5 Å². The van der Waals surface area contributed by atoms with Crippen LogP contribution in [-0.4, -0.2) is 20.6 Å². The molecule has 4 aromatic carbocycles. The Balaban J connectivity index is 1.34. The lowest BCUT2D eigenvalue weighted by atomic mass is 9.99. The molecule has 37 heavy (non-hydrogen) atoms. The molecular formula is C32H26N2O2S. The number of aromatic carboxylic acids is 1. The van der Waals surface area contributed by atoms with Crippen LogP contribution in [0.3, 0.4) is 0 Å². The summed E-state index contributed by atoms with van der Waals surface area (Å²) >= 11 is 1.81. The number of imidazole rings is 1. The van der Waals surface area contributed by atoms with Crippen molar-refractivity contribution in [3.05, 3.63) is 114 Å². The van der Waals surface area contributed by atoms with Gasteiger partial charge in [-0.3, -0.25) is 0 Å². The Morgan fingerprint density at radius 2 is 1.65 bits per heavy atom. The van der Waals surface area contributed by atoms with Crippen LogP contribution in [0.1, 0.15) is 35.1 Å². The van der Waals surface area contributed by atoms with Crippen LogP contribution in [0.25, 0.3) is 42.7 Å². The summed E-state index contributed by atoms with van der Waals surface area (Å²) in [5, 5.41) is 10.8. The molecule has 0 spiro atoms. The normalized spacial score (nSPS) is 11.4. The monoisotopic (exact) mass is 502 g/mol. The summed E-state index contributed by atoms with van der Waals surface area (Å²) in [7, 11) is 0. The summed E-state index contributed by atoms with van der Waals surface area (Å²) in [5.74, 6) is 0.176. The highest BCUT2D eigenvalue weighted by Crippen LogP contribution is 2.35. The van der Waals surface area contributed by atoms with Gasteiger partial charge in [0.25, 0.3) is 0 Å². The maximum atomic E-state index is 11.6. The van der Waals surface area contributed by atoms with Crippen molar-refractivity contribution in [1.82, 2.24) is 9.55 Å². The number of aromatic nitrogens is 2. The summed E-state index contributed by atoms with van der Waals surface area (Å²) in [5.41, 5.74) is 6.45. The minimum atomic E-state index is -0.913. The number of hydrogen-bond acceptors (Lipinski definition) is 3. The van der Waals surface area contributed by atoms with Crippen molar-refractivity contribution >= 4 is 38.4 Å². The van der Waals surface area contributed by atoms with E-state index in [1.54, 1.807) is 12.1 Å². The van der Waals surface area contributed by atoms with Gasteiger partial charge in [-0.05, 0) is 64.4 Å². The maximum Gasteiger partial charge on any atom is 0.336 e. The zero-order chi connectivity index (χ0) is 25.4. The first-order valence-corrected chi connectivity index (χ1v) is 13.3. The van der Waals surface area contributed by atoms with E-state index in [0.29, 0.717) is 5.56 Å². The van der Waals surface area contributed by atoms with E-state index in [4.69, 9.17) is 4.98 Å². The molecule has 0 aliphatic heterocycles. The van der Waals surface area contributed by atoms with E-state index >= 15 is 0 Å². The predicted molar refractivity (Wildman–Crippen MR) is 152 cm³/mol. The fraction of sp³-hybridized carbons (Fsp3) is 0.125. The Bertz CT molecular complexity index is 1710. The minimum Gasteiger partial charge on any atom is -0.478 e. The molecule has 0 aliphatic carbocycles. The number of carboxylic acids is 1. The van der Waals surface area contributed by atoms with Crippen molar-refractivity contribution in [2.45, 2.75) is 26.3 Å². The lowest BCUT2D eigenvalue weighted by molar-refractivity contribution is 0.0697. The number of carbonyl (C=O) groups is 1. The number of hydrogen-bond donors (Lipinski definition) is 1. The van der Waals surface area contributed by atoms with Crippen molar-refractivity contribution in [2.75, 3.05) is 0 Å². The van der Waals surface area contributed by atoms with E-state index in [1.165, 1.54) is 20.5 Å². The SMILES string of the molecule is CCCc1nc2cc(-c3cc4ccccc4s3)ccc2n1Cc1ccc(-c2ccccc2C(=O)O)cc1. The maximum absolute atomic E-state index is 11.6. The summed E-state index contributed by atoms with van der Waals surface area (Å²) in [6, 6.07) is 32.7. The van der Waals surface area contributed by atoms with Gasteiger partial charge in [0.15, 0.2) is 0 Å². The molecule has 2 heterocycles. The van der Waals surface area contributed by atoms with E-state index in [1.807, 2.05) is 35.6 Å². The molecule has 5 heteroatoms. The van der Waals surface area contributed by atoms with Crippen molar-refractivity contribution in [3.8, 4) is 21.6 Å². The second-order valence-corrected chi connectivity index (χ2v) is 10.3. The molecule has 0 atom stereocenters. The third-order valence-corrected chi connectivity index (χ3v) is 7.94. The molecule has 182 valence electrons. The second kappa shape index (κ2) is 9.68. The zero-order valence-electron chi connectivity index (χ0n) is 20.5. The van der Waals surface area contributed by atoms with E-state index in [2.05, 4.69) is 72.2 Å². The highest BCUT2D eigenvalue weighted by molar-refractivity contribution is 7.22. The summed E-state index contributed by atoms with van der Waals surface area (Å²) in [6.07, 6.45) is 1.94. The second-order valence-electron chi connectivity index (χ2n) is 9.26. The number of benzene rings is 4. The molecule has 0 saturated carbocycles. The Kier molecular flexibility index (Phi) is 6.07. The minimum absolute atomic E-state index is 0.315. The average Bonchev–Trinajstić information content (AvgIpc) is 3.50. The standard InChI is InChI=1S/C32H26N2O2S/c1-2-7-31-33-27-18-24(30-19-23-8-3-6-11-29(23)37-30)16-17-28(27)34(31)20-21-12-14-22(15-13-21)25-9-4-5-10-26(25)32(35)36/h3-6,8-19H,2,7,20H2,1H3,(H,35,36). The molecule has 6 rings (SSSR count). The highest BCUT2D eigenvalue weighted by atomic mass is 32.1. The number of fused-ring (bicyclic) bond motifs is 2. The van der Waals surface area contributed by atoms with Gasteiger partial charge in [0.1, 0.15) is 5.82 Å². The predicted octanol–water partition coefficient (Wildman–Crippen LogP) is 8.28. The van der Waals surface area contributed by atoms with Crippen molar-refractivity contribution in [3.63, 3.8) is 0 Å². The summed E-state index contributed by atoms with van der Waals surface area (Å²) < 4.78 is 3.61. The third-order valence-electron chi connectivity index (χ3n) is 6.77. The van der Waals surface area contributed by atoms with Gasteiger partial charge in [-0.25, -0.2) is 9.78 Å². The van der Waals surface area contributed by atoms with E-state index < -0.39 is 5.97 Å². The fourth-order valence-corrected chi connectivity index (χ4v) is 6.00. The van der Waals surface area contributed by atoms with Gasteiger partial charge in [0.05, 0.1) is 16.6 Å². The lowest BCUT2D eigenvalue weighted by Crippen LogP contribution is -2.05. The van der Waals surface area contributed by atoms with Crippen LogP contribution >= 0.6 is 11.3 Å². The van der Waals surface area contributed by atoms with Gasteiger partial charge >= 0.3 is 5.97 Å². The van der Waals surface area contributed by atoms with Crippen LogP contribution in [0.2, 0.25) is 0 Å². The molecular weight excluding hydrogens is 476 g/mol. The van der Waals surface area contributed by atoms with E-state index in [9.17, 15) is 9.90 Å². The van der Waals surface area contributed by atoms with Crippen molar-refractivity contribution < 1.29 is 9.90 Å². The van der Waals surface area contributed by atoms with Crippen LogP contribution in [0.4, 0.5) is 0 Å². The van der Waals surface area contributed by atoms with Gasteiger partial charge in [-0.2, -0.15) is 0 Å². The number of rotatable bonds is 7. The third kappa shape index (κ3) is 4.43. The largest absolute Gasteiger partial charge is 0.478 e. The van der Waals surface area contributed by atoms with Crippen LogP contribution in [0.15, 0.2) is 97.1 Å². The van der Waals surface area contributed by atoms with Crippen molar-refractivity contribution in [1.29, 1.82) is 0 Å². The topological polar surface area (TPSA) is 55.1 Å². The molecule has 4 nitrogen and oxygen atoms in total. The molecule has 0 saturated heterocycles. The smallest absolute Gasteiger partial charge is 0.336 e. The van der Waals surface area contributed by atoms with Gasteiger partial charge in [-0.15, -0.1) is 11.3 Å². The number of aryl methyl sites for hydroxylation is 1. The highest BCUT2D eigenvalue weighted by Gasteiger charge is 2.14. The molecule has 0 unspecified atom stereocenters. The Morgan fingerprint density at radius 3 is 2.43 bits per heavy atom. The van der Waals surface area contributed by atoms with Gasteiger partial charge < -0.3 is 9.67 Å². The number of nitrogens with zero attached hydrogens (tertiary/aromatic N) is 2. The molecule has 0 bridgehead atoms. The molecule has 0 radical (unpaired) electrons. The summed E-state index contributed by atoms with van der Waals surface area (Å²) in [6.45, 7) is 2.90. The zero-order valence-corrected chi connectivity index (χ0v) is 21.3. The van der Waals surface area contributed by atoms with Gasteiger partial charge in [-0.1, -0.05) is 73.7 Å². The van der Waals surface area contributed by atoms with Gasteiger partial charge in [0.2, 0.25) is 0 Å². The van der Waals surface area contributed by atoms with Crippen LogP contribution in [0.5, 0.6) is 0 Å². The van der Waals surface area contributed by atoms with E-state index in [0.717, 1.165) is 52.9 Å². The first-order chi connectivity index (χ1) is 18.1. The first-order valence-electron chi connectivity index (χ1n) is 12.5. The quantitative estimate of drug-likeness (QED) is 0.239. The number of carboxylic acid groups (broad SMARTS) is 1. The average molecular weight is 503 g/mol. The Morgan fingerprint density at radius 1 is 0.892 bits per heavy atom. The first kappa shape index (κ1) is 23.2. The molecule has 0 amide bonds. The molecule has 6 aromatic rings. The van der Waals surface area contributed by atoms with E-state index in [-0.39, 0.29) is 0 Å². The molecule has 1 N–H and O–H groups in total. The van der Waals surface area contributed by atoms with Crippen molar-refractivity contribution in [2.24, 2.45) is 0 Å². The Labute approximate surface area is 219 Å². The molecule has 2 aromatic heterocycles. The molecule has 0 aliphatic rings.